The second-order valence-corrected chi connectivity index (χ2v) is 5.76. The summed E-state index contributed by atoms with van der Waals surface area (Å²) in [5, 5.41) is 21.7. The van der Waals surface area contributed by atoms with Crippen LogP contribution in [0.15, 0.2) is 48.5 Å². The van der Waals surface area contributed by atoms with Crippen molar-refractivity contribution in [1.82, 2.24) is 10.2 Å². The minimum Gasteiger partial charge on any atom is -0.343 e. The van der Waals surface area contributed by atoms with Crippen LogP contribution < -0.4 is 10.6 Å². The Labute approximate surface area is 140 Å². The van der Waals surface area contributed by atoms with Crippen molar-refractivity contribution in [3.8, 4) is 11.1 Å². The fraction of sp³-hybridized carbons (Fsp3) is 0.222. The number of guanidine groups is 2. The number of anilines is 1. The lowest BCUT2D eigenvalue weighted by molar-refractivity contribution is 0.502. The first kappa shape index (κ1) is 16.0. The molecule has 0 saturated carbocycles. The highest BCUT2D eigenvalue weighted by atomic mass is 19.1. The number of nitrogens with one attached hydrogen (secondary N) is 4. The van der Waals surface area contributed by atoms with Gasteiger partial charge in [-0.15, -0.1) is 0 Å². The van der Waals surface area contributed by atoms with Crippen LogP contribution in [0.25, 0.3) is 11.1 Å². The summed E-state index contributed by atoms with van der Waals surface area (Å²) < 4.78 is 13.0. The molecule has 2 aromatic rings. The van der Waals surface area contributed by atoms with Crippen LogP contribution in [-0.2, 0) is 0 Å². The Morgan fingerprint density at radius 1 is 0.958 bits per heavy atom. The van der Waals surface area contributed by atoms with E-state index < -0.39 is 0 Å². The van der Waals surface area contributed by atoms with Gasteiger partial charge in [-0.05, 0) is 48.2 Å². The number of nitrogens with zero attached hydrogens (tertiary/aromatic N) is 1. The van der Waals surface area contributed by atoms with Crippen molar-refractivity contribution in [2.45, 2.75) is 12.8 Å². The molecule has 0 amide bonds. The molecular weight excluding hydrogens is 305 g/mol. The molecule has 0 atom stereocenters. The first-order valence-electron chi connectivity index (χ1n) is 7.94. The fourth-order valence-electron chi connectivity index (χ4n) is 2.73. The molecule has 0 spiro atoms. The van der Waals surface area contributed by atoms with Gasteiger partial charge in [-0.3, -0.25) is 16.1 Å². The summed E-state index contributed by atoms with van der Waals surface area (Å²) in [4.78, 5) is 1.92. The van der Waals surface area contributed by atoms with Crippen LogP contribution in [-0.4, -0.2) is 29.9 Å². The lowest BCUT2D eigenvalue weighted by atomic mass is 10.1. The Morgan fingerprint density at radius 3 is 2.38 bits per heavy atom. The van der Waals surface area contributed by atoms with Crippen LogP contribution in [0, 0.1) is 16.6 Å². The lowest BCUT2D eigenvalue weighted by Gasteiger charge is -2.20. The SMILES string of the molecule is N=C(NC(=N)N1CCCC1)Nc1cccc(-c2ccc(F)cc2)c1. The molecule has 1 aliphatic rings. The zero-order chi connectivity index (χ0) is 16.9. The molecule has 0 aromatic heterocycles. The van der Waals surface area contributed by atoms with Crippen LogP contribution >= 0.6 is 0 Å². The van der Waals surface area contributed by atoms with E-state index in [9.17, 15) is 4.39 Å². The molecule has 24 heavy (non-hydrogen) atoms. The van der Waals surface area contributed by atoms with E-state index >= 15 is 0 Å². The number of rotatable bonds is 2. The van der Waals surface area contributed by atoms with Crippen molar-refractivity contribution in [2.75, 3.05) is 18.4 Å². The van der Waals surface area contributed by atoms with Crippen molar-refractivity contribution < 1.29 is 4.39 Å². The van der Waals surface area contributed by atoms with Crippen molar-refractivity contribution >= 4 is 17.6 Å². The Balaban J connectivity index is 1.64. The average molecular weight is 325 g/mol. The highest BCUT2D eigenvalue weighted by Crippen LogP contribution is 2.22. The zero-order valence-corrected chi connectivity index (χ0v) is 13.3. The van der Waals surface area contributed by atoms with Crippen LogP contribution in [0.5, 0.6) is 0 Å². The minimum atomic E-state index is -0.264. The van der Waals surface area contributed by atoms with Crippen molar-refractivity contribution in [3.63, 3.8) is 0 Å². The van der Waals surface area contributed by atoms with Gasteiger partial charge in [0, 0.05) is 18.8 Å². The topological polar surface area (TPSA) is 75.0 Å². The van der Waals surface area contributed by atoms with Crippen LogP contribution in [0.2, 0.25) is 0 Å². The molecule has 5 nitrogen and oxygen atoms in total. The summed E-state index contributed by atoms with van der Waals surface area (Å²) in [6.45, 7) is 1.72. The first-order valence-corrected chi connectivity index (χ1v) is 7.94. The van der Waals surface area contributed by atoms with Crippen LogP contribution in [0.3, 0.4) is 0 Å². The third-order valence-electron chi connectivity index (χ3n) is 3.98. The second kappa shape index (κ2) is 7.12. The molecule has 0 aliphatic carbocycles. The van der Waals surface area contributed by atoms with E-state index in [2.05, 4.69) is 10.6 Å². The normalized spacial score (nSPS) is 13.6. The van der Waals surface area contributed by atoms with E-state index in [1.165, 1.54) is 12.1 Å². The number of benzene rings is 2. The van der Waals surface area contributed by atoms with Crippen LogP contribution in [0.4, 0.5) is 10.1 Å². The molecule has 4 N–H and O–H groups in total. The van der Waals surface area contributed by atoms with E-state index in [0.29, 0.717) is 0 Å². The summed E-state index contributed by atoms with van der Waals surface area (Å²) >= 11 is 0. The van der Waals surface area contributed by atoms with Crippen molar-refractivity contribution in [2.24, 2.45) is 0 Å². The number of halogens is 1. The van der Waals surface area contributed by atoms with Crippen molar-refractivity contribution in [3.05, 3.63) is 54.3 Å². The summed E-state index contributed by atoms with van der Waals surface area (Å²) in [6, 6.07) is 13.8. The highest BCUT2D eigenvalue weighted by molar-refractivity contribution is 6.02. The van der Waals surface area contributed by atoms with Gasteiger partial charge in [0.05, 0.1) is 0 Å². The second-order valence-electron chi connectivity index (χ2n) is 5.76. The number of hydrogen-bond acceptors (Lipinski definition) is 2. The van der Waals surface area contributed by atoms with Gasteiger partial charge in [0.25, 0.3) is 0 Å². The molecule has 1 fully saturated rings. The predicted molar refractivity (Wildman–Crippen MR) is 94.9 cm³/mol. The highest BCUT2D eigenvalue weighted by Gasteiger charge is 2.15. The lowest BCUT2D eigenvalue weighted by Crippen LogP contribution is -2.44. The molecule has 0 radical (unpaired) electrons. The Bertz CT molecular complexity index is 735. The summed E-state index contributed by atoms with van der Waals surface area (Å²) in [5.41, 5.74) is 2.58. The minimum absolute atomic E-state index is 0.0585. The van der Waals surface area contributed by atoms with E-state index in [-0.39, 0.29) is 17.7 Å². The number of likely N-dealkylation sites (tertiary alicyclic amines) is 1. The first-order chi connectivity index (χ1) is 11.6. The maximum absolute atomic E-state index is 13.0. The Hall–Kier alpha value is -2.89. The quantitative estimate of drug-likeness (QED) is 0.504. The smallest absolute Gasteiger partial charge is 0.199 e. The predicted octanol–water partition coefficient (Wildman–Crippen LogP) is 3.46. The molecule has 1 saturated heterocycles. The summed E-state index contributed by atoms with van der Waals surface area (Å²) in [7, 11) is 0. The molecule has 0 bridgehead atoms. The molecule has 0 unspecified atom stereocenters. The van der Waals surface area contributed by atoms with Gasteiger partial charge in [0.2, 0.25) is 0 Å². The largest absolute Gasteiger partial charge is 0.343 e. The summed E-state index contributed by atoms with van der Waals surface area (Å²) in [6.07, 6.45) is 2.18. The third-order valence-corrected chi connectivity index (χ3v) is 3.98. The number of hydrogen-bond donors (Lipinski definition) is 4. The third kappa shape index (κ3) is 3.90. The molecule has 2 aromatic carbocycles. The molecule has 1 aliphatic heterocycles. The molecule has 3 rings (SSSR count). The molecular formula is C18H20FN5. The maximum atomic E-state index is 13.0. The van der Waals surface area contributed by atoms with Gasteiger partial charge in [-0.2, -0.15) is 0 Å². The fourth-order valence-corrected chi connectivity index (χ4v) is 2.73. The summed E-state index contributed by atoms with van der Waals surface area (Å²) in [5.74, 6) is 0.0438. The van der Waals surface area contributed by atoms with E-state index in [0.717, 1.165) is 42.7 Å². The maximum Gasteiger partial charge on any atom is 0.199 e. The average Bonchev–Trinajstić information content (AvgIpc) is 3.10. The van der Waals surface area contributed by atoms with Gasteiger partial charge < -0.3 is 10.2 Å². The van der Waals surface area contributed by atoms with E-state index in [1.54, 1.807) is 12.1 Å². The monoisotopic (exact) mass is 325 g/mol. The van der Waals surface area contributed by atoms with Gasteiger partial charge in [0.1, 0.15) is 5.82 Å². The molecule has 6 heteroatoms. The van der Waals surface area contributed by atoms with Gasteiger partial charge in [-0.25, -0.2) is 4.39 Å². The van der Waals surface area contributed by atoms with E-state index in [4.69, 9.17) is 10.8 Å². The standard InChI is InChI=1S/C18H20FN5/c19-15-8-6-13(7-9-15)14-4-3-5-16(12-14)22-17(20)23-18(21)24-10-1-2-11-24/h3-9,12H,1-2,10-11H2,(H4,20,21,22,23). The van der Waals surface area contributed by atoms with E-state index in [1.807, 2.05) is 29.2 Å². The Kier molecular flexibility index (Phi) is 4.74. The van der Waals surface area contributed by atoms with Gasteiger partial charge in [-0.1, -0.05) is 24.3 Å². The van der Waals surface area contributed by atoms with Gasteiger partial charge >= 0.3 is 0 Å². The van der Waals surface area contributed by atoms with Crippen molar-refractivity contribution in [1.29, 1.82) is 10.8 Å². The Morgan fingerprint density at radius 2 is 1.67 bits per heavy atom. The van der Waals surface area contributed by atoms with Crippen LogP contribution in [0.1, 0.15) is 12.8 Å². The zero-order valence-electron chi connectivity index (χ0n) is 13.3. The molecule has 124 valence electrons. The molecule has 1 heterocycles. The van der Waals surface area contributed by atoms with Gasteiger partial charge in [0.15, 0.2) is 11.9 Å².